The molecule has 0 aliphatic carbocycles. The maximum absolute atomic E-state index is 12.5. The van der Waals surface area contributed by atoms with Crippen LogP contribution in [0.5, 0.6) is 0 Å². The number of anilines is 2. The highest BCUT2D eigenvalue weighted by Gasteiger charge is 2.17. The minimum atomic E-state index is -0.0328. The molecule has 3 aromatic rings. The quantitative estimate of drug-likeness (QED) is 0.494. The molecule has 1 aliphatic rings. The van der Waals surface area contributed by atoms with Crippen molar-refractivity contribution in [3.05, 3.63) is 94.5 Å². The van der Waals surface area contributed by atoms with E-state index in [0.29, 0.717) is 13.1 Å². The number of halogens is 1. The third kappa shape index (κ3) is 6.83. The van der Waals surface area contributed by atoms with Crippen LogP contribution in [0.3, 0.4) is 0 Å². The van der Waals surface area contributed by atoms with E-state index >= 15 is 0 Å². The molecule has 178 valence electrons. The molecule has 5 nitrogen and oxygen atoms in total. The summed E-state index contributed by atoms with van der Waals surface area (Å²) in [5.74, 6) is -0.0328. The molecular formula is C28H33ClN4O. The first-order chi connectivity index (χ1) is 16.5. The number of piperazine rings is 1. The molecule has 0 unspecified atom stereocenters. The third-order valence-corrected chi connectivity index (χ3v) is 6.56. The highest BCUT2D eigenvalue weighted by molar-refractivity contribution is 6.31. The smallest absolute Gasteiger partial charge is 0.238 e. The van der Waals surface area contributed by atoms with Gasteiger partial charge in [-0.25, -0.2) is 0 Å². The maximum atomic E-state index is 12.5. The van der Waals surface area contributed by atoms with Gasteiger partial charge in [0.2, 0.25) is 5.91 Å². The Morgan fingerprint density at radius 3 is 2.41 bits per heavy atom. The van der Waals surface area contributed by atoms with Gasteiger partial charge in [0.1, 0.15) is 0 Å². The number of nitrogens with zero attached hydrogens (tertiary/aromatic N) is 3. The van der Waals surface area contributed by atoms with Crippen molar-refractivity contribution in [3.63, 3.8) is 0 Å². The summed E-state index contributed by atoms with van der Waals surface area (Å²) in [4.78, 5) is 19.4. The fourth-order valence-electron chi connectivity index (χ4n) is 4.36. The molecule has 0 aromatic heterocycles. The fraction of sp³-hybridized carbons (Fsp3) is 0.321. The fourth-order valence-corrected chi connectivity index (χ4v) is 4.56. The van der Waals surface area contributed by atoms with Crippen LogP contribution in [0.25, 0.3) is 0 Å². The summed E-state index contributed by atoms with van der Waals surface area (Å²) < 4.78 is 0. The van der Waals surface area contributed by atoms with Crippen LogP contribution in [-0.2, 0) is 17.9 Å². The molecule has 1 amide bonds. The molecule has 0 saturated carbocycles. The number of benzene rings is 3. The average molecular weight is 477 g/mol. The molecule has 1 fully saturated rings. The predicted octanol–water partition coefficient (Wildman–Crippen LogP) is 5.04. The molecule has 1 saturated heterocycles. The lowest BCUT2D eigenvalue weighted by Gasteiger charge is -2.36. The largest absolute Gasteiger partial charge is 0.369 e. The minimum absolute atomic E-state index is 0.0328. The molecule has 4 rings (SSSR count). The first kappa shape index (κ1) is 24.3. The Bertz CT molecular complexity index is 1090. The van der Waals surface area contributed by atoms with Gasteiger partial charge in [-0.2, -0.15) is 0 Å². The second-order valence-corrected chi connectivity index (χ2v) is 9.52. The van der Waals surface area contributed by atoms with E-state index in [1.54, 1.807) is 0 Å². The minimum Gasteiger partial charge on any atom is -0.369 e. The summed E-state index contributed by atoms with van der Waals surface area (Å²) in [5, 5.41) is 3.72. The Balaban J connectivity index is 1.22. The first-order valence-electron chi connectivity index (χ1n) is 11.8. The van der Waals surface area contributed by atoms with Crippen LogP contribution in [0.1, 0.15) is 16.7 Å². The van der Waals surface area contributed by atoms with Gasteiger partial charge >= 0.3 is 0 Å². The Labute approximate surface area is 207 Å². The number of aryl methyl sites for hydroxylation is 1. The van der Waals surface area contributed by atoms with Gasteiger partial charge in [0.05, 0.1) is 6.54 Å². The SMILES string of the molecule is Cc1cccc(N2CCN(Cc3ccc(NC(=O)CN(C)Cc4ccccc4Cl)cc3)CC2)c1. The Morgan fingerprint density at radius 1 is 0.971 bits per heavy atom. The number of rotatable bonds is 8. The Hall–Kier alpha value is -2.86. The second kappa shape index (κ2) is 11.5. The summed E-state index contributed by atoms with van der Waals surface area (Å²) in [6.07, 6.45) is 0. The van der Waals surface area contributed by atoms with E-state index in [9.17, 15) is 4.79 Å². The molecule has 0 bridgehead atoms. The monoisotopic (exact) mass is 476 g/mol. The lowest BCUT2D eigenvalue weighted by atomic mass is 10.1. The summed E-state index contributed by atoms with van der Waals surface area (Å²) in [6, 6.07) is 24.7. The van der Waals surface area contributed by atoms with Crippen LogP contribution >= 0.6 is 11.6 Å². The highest BCUT2D eigenvalue weighted by Crippen LogP contribution is 2.20. The van der Waals surface area contributed by atoms with E-state index < -0.39 is 0 Å². The molecule has 34 heavy (non-hydrogen) atoms. The summed E-state index contributed by atoms with van der Waals surface area (Å²) in [7, 11) is 1.92. The standard InChI is InChI=1S/C28H33ClN4O/c1-22-6-5-8-26(18-22)33-16-14-32(15-17-33)19-23-10-12-25(13-11-23)30-28(34)21-31(2)20-24-7-3-4-9-27(24)29/h3-13,18H,14-17,19-21H2,1-2H3,(H,30,34). The summed E-state index contributed by atoms with van der Waals surface area (Å²) >= 11 is 6.23. The van der Waals surface area contributed by atoms with Gasteiger partial charge in [-0.3, -0.25) is 14.6 Å². The normalized spacial score (nSPS) is 14.4. The van der Waals surface area contributed by atoms with E-state index in [4.69, 9.17) is 11.6 Å². The zero-order chi connectivity index (χ0) is 23.9. The van der Waals surface area contributed by atoms with Crippen LogP contribution in [0.15, 0.2) is 72.8 Å². The topological polar surface area (TPSA) is 38.8 Å². The van der Waals surface area contributed by atoms with Crippen molar-refractivity contribution in [3.8, 4) is 0 Å². The molecule has 1 N–H and O–H groups in total. The van der Waals surface area contributed by atoms with Gasteiger partial charge in [0.15, 0.2) is 0 Å². The van der Waals surface area contributed by atoms with E-state index in [0.717, 1.165) is 49.0 Å². The molecule has 0 spiro atoms. The molecule has 1 aliphatic heterocycles. The predicted molar refractivity (Wildman–Crippen MR) is 142 cm³/mol. The zero-order valence-corrected chi connectivity index (χ0v) is 20.8. The Morgan fingerprint density at radius 2 is 1.71 bits per heavy atom. The van der Waals surface area contributed by atoms with Crippen molar-refractivity contribution in [2.45, 2.75) is 20.0 Å². The third-order valence-electron chi connectivity index (χ3n) is 6.19. The van der Waals surface area contributed by atoms with Gasteiger partial charge in [-0.15, -0.1) is 0 Å². The number of amides is 1. The molecular weight excluding hydrogens is 444 g/mol. The molecule has 0 radical (unpaired) electrons. The van der Waals surface area contributed by atoms with Gasteiger partial charge in [-0.1, -0.05) is 54.1 Å². The average Bonchev–Trinajstić information content (AvgIpc) is 2.82. The number of hydrogen-bond acceptors (Lipinski definition) is 4. The van der Waals surface area contributed by atoms with Crippen molar-refractivity contribution < 1.29 is 4.79 Å². The molecule has 6 heteroatoms. The summed E-state index contributed by atoms with van der Waals surface area (Å²) in [6.45, 7) is 8.18. The number of nitrogens with one attached hydrogen (secondary N) is 1. The van der Waals surface area contributed by atoms with Crippen LogP contribution < -0.4 is 10.2 Å². The van der Waals surface area contributed by atoms with Crippen molar-refractivity contribution in [2.75, 3.05) is 50.0 Å². The van der Waals surface area contributed by atoms with Gasteiger partial charge in [-0.05, 0) is 61.0 Å². The number of carbonyl (C=O) groups is 1. The van der Waals surface area contributed by atoms with Crippen LogP contribution in [0.2, 0.25) is 5.02 Å². The van der Waals surface area contributed by atoms with Crippen LogP contribution in [-0.4, -0.2) is 55.5 Å². The van der Waals surface area contributed by atoms with Crippen LogP contribution in [0, 0.1) is 6.92 Å². The van der Waals surface area contributed by atoms with Crippen molar-refractivity contribution in [2.24, 2.45) is 0 Å². The van der Waals surface area contributed by atoms with E-state index in [1.807, 2.05) is 48.3 Å². The number of hydrogen-bond donors (Lipinski definition) is 1. The summed E-state index contributed by atoms with van der Waals surface area (Å²) in [5.41, 5.74) is 5.72. The van der Waals surface area contributed by atoms with E-state index in [2.05, 4.69) is 58.4 Å². The van der Waals surface area contributed by atoms with E-state index in [1.165, 1.54) is 16.8 Å². The van der Waals surface area contributed by atoms with Gasteiger partial charge in [0, 0.05) is 55.7 Å². The zero-order valence-electron chi connectivity index (χ0n) is 20.0. The van der Waals surface area contributed by atoms with Crippen LogP contribution in [0.4, 0.5) is 11.4 Å². The Kier molecular flexibility index (Phi) is 8.22. The lowest BCUT2D eigenvalue weighted by molar-refractivity contribution is -0.117. The van der Waals surface area contributed by atoms with E-state index in [-0.39, 0.29) is 5.91 Å². The number of likely N-dealkylation sites (N-methyl/N-ethyl adjacent to an activating group) is 1. The molecule has 0 atom stereocenters. The maximum Gasteiger partial charge on any atom is 0.238 e. The second-order valence-electron chi connectivity index (χ2n) is 9.11. The molecule has 1 heterocycles. The van der Waals surface area contributed by atoms with Crippen molar-refractivity contribution >= 4 is 28.9 Å². The lowest BCUT2D eigenvalue weighted by Crippen LogP contribution is -2.45. The molecule has 3 aromatic carbocycles. The van der Waals surface area contributed by atoms with Gasteiger partial charge < -0.3 is 10.2 Å². The van der Waals surface area contributed by atoms with Crippen molar-refractivity contribution in [1.29, 1.82) is 0 Å². The number of carbonyl (C=O) groups excluding carboxylic acids is 1. The van der Waals surface area contributed by atoms with Crippen molar-refractivity contribution in [1.82, 2.24) is 9.80 Å². The highest BCUT2D eigenvalue weighted by atomic mass is 35.5. The van der Waals surface area contributed by atoms with Gasteiger partial charge in [0.25, 0.3) is 0 Å². The first-order valence-corrected chi connectivity index (χ1v) is 12.2.